The molecule has 7 aromatic carbocycles. The molecule has 0 N–H and O–H groups in total. The third kappa shape index (κ3) is 3.99. The van der Waals surface area contributed by atoms with Crippen LogP contribution in [0.5, 0.6) is 0 Å². The topological polar surface area (TPSA) is 3.24 Å². The van der Waals surface area contributed by atoms with Gasteiger partial charge in [0, 0.05) is 42.6 Å². The van der Waals surface area contributed by atoms with E-state index in [2.05, 4.69) is 170 Å². The fourth-order valence-corrected chi connectivity index (χ4v) is 8.63. The van der Waals surface area contributed by atoms with Gasteiger partial charge in [0.15, 0.2) is 0 Å². The molecular formula is C43H31NS. The standard InChI is InChI=1S/C43H31NS/c1-43(2)37-21-10-8-20-36(37)42-38(43)26-28-13-6-7-18-33(28)41(42)29-14-12-17-31(25-29)44(30-15-4-3-5-16-30)32-23-24-35-34-19-9-11-22-39(34)45-40(35)27-32/h3-27H,1-2H3. The minimum Gasteiger partial charge on any atom is -0.310 e. The first-order chi connectivity index (χ1) is 22.1. The van der Waals surface area contributed by atoms with Crippen molar-refractivity contribution in [2.45, 2.75) is 19.3 Å². The van der Waals surface area contributed by atoms with Gasteiger partial charge in [-0.05, 0) is 92.7 Å². The van der Waals surface area contributed by atoms with Gasteiger partial charge in [-0.1, -0.05) is 117 Å². The van der Waals surface area contributed by atoms with Gasteiger partial charge in [-0.15, -0.1) is 11.3 Å². The minimum absolute atomic E-state index is 0.0714. The van der Waals surface area contributed by atoms with Gasteiger partial charge in [0.05, 0.1) is 0 Å². The summed E-state index contributed by atoms with van der Waals surface area (Å²) in [6.07, 6.45) is 0. The lowest BCUT2D eigenvalue weighted by Crippen LogP contribution is -2.15. The molecule has 214 valence electrons. The lowest BCUT2D eigenvalue weighted by molar-refractivity contribution is 0.661. The van der Waals surface area contributed by atoms with Crippen LogP contribution in [0.2, 0.25) is 0 Å². The zero-order chi connectivity index (χ0) is 30.1. The molecule has 0 saturated heterocycles. The predicted molar refractivity (Wildman–Crippen MR) is 195 cm³/mol. The monoisotopic (exact) mass is 593 g/mol. The average Bonchev–Trinajstić information content (AvgIpc) is 3.56. The molecule has 45 heavy (non-hydrogen) atoms. The van der Waals surface area contributed by atoms with Gasteiger partial charge in [0.25, 0.3) is 0 Å². The molecule has 1 aliphatic carbocycles. The molecule has 0 fully saturated rings. The summed E-state index contributed by atoms with van der Waals surface area (Å²) in [5.74, 6) is 0. The molecule has 0 unspecified atom stereocenters. The predicted octanol–water partition coefficient (Wildman–Crippen LogP) is 12.7. The van der Waals surface area contributed by atoms with Crippen molar-refractivity contribution >= 4 is 59.3 Å². The molecule has 0 saturated carbocycles. The largest absolute Gasteiger partial charge is 0.310 e. The minimum atomic E-state index is -0.0714. The van der Waals surface area contributed by atoms with E-state index in [0.29, 0.717) is 0 Å². The Balaban J connectivity index is 1.29. The van der Waals surface area contributed by atoms with Gasteiger partial charge >= 0.3 is 0 Å². The molecule has 8 aromatic rings. The van der Waals surface area contributed by atoms with Crippen LogP contribution in [-0.4, -0.2) is 0 Å². The summed E-state index contributed by atoms with van der Waals surface area (Å²) in [5, 5.41) is 5.21. The zero-order valence-corrected chi connectivity index (χ0v) is 26.1. The molecule has 0 atom stereocenters. The van der Waals surface area contributed by atoms with Crippen molar-refractivity contribution in [2.24, 2.45) is 0 Å². The number of fused-ring (bicyclic) bond motifs is 7. The lowest BCUT2D eigenvalue weighted by Gasteiger charge is -2.26. The summed E-state index contributed by atoms with van der Waals surface area (Å²) in [4.78, 5) is 2.40. The Hall–Kier alpha value is -5.18. The van der Waals surface area contributed by atoms with Crippen molar-refractivity contribution in [3.8, 4) is 22.3 Å². The maximum absolute atomic E-state index is 2.43. The van der Waals surface area contributed by atoms with Gasteiger partial charge in [-0.2, -0.15) is 0 Å². The van der Waals surface area contributed by atoms with E-state index in [1.165, 1.54) is 64.3 Å². The fourth-order valence-electron chi connectivity index (χ4n) is 7.49. The van der Waals surface area contributed by atoms with Crippen molar-refractivity contribution in [1.82, 2.24) is 0 Å². The summed E-state index contributed by atoms with van der Waals surface area (Å²) in [6, 6.07) is 55.8. The van der Waals surface area contributed by atoms with Gasteiger partial charge in [-0.25, -0.2) is 0 Å². The van der Waals surface area contributed by atoms with E-state index >= 15 is 0 Å². The molecule has 0 bridgehead atoms. The van der Waals surface area contributed by atoms with Gasteiger partial charge in [0.1, 0.15) is 0 Å². The van der Waals surface area contributed by atoms with Gasteiger partial charge < -0.3 is 4.90 Å². The molecule has 0 radical (unpaired) electrons. The second-order valence-corrected chi connectivity index (χ2v) is 13.6. The van der Waals surface area contributed by atoms with Crippen LogP contribution < -0.4 is 4.90 Å². The Morgan fingerprint density at radius 1 is 0.467 bits per heavy atom. The average molecular weight is 594 g/mol. The molecule has 2 heteroatoms. The SMILES string of the molecule is CC1(C)c2ccccc2-c2c1cc1ccccc1c2-c1cccc(N(c2ccccc2)c2ccc3c(c2)sc2ccccc23)c1. The Bertz CT molecular complexity index is 2410. The van der Waals surface area contributed by atoms with E-state index < -0.39 is 0 Å². The highest BCUT2D eigenvalue weighted by Crippen LogP contribution is 2.54. The molecule has 1 heterocycles. The van der Waals surface area contributed by atoms with E-state index in [4.69, 9.17) is 0 Å². The van der Waals surface area contributed by atoms with Crippen molar-refractivity contribution in [3.05, 3.63) is 163 Å². The van der Waals surface area contributed by atoms with E-state index in [9.17, 15) is 0 Å². The first kappa shape index (κ1) is 26.2. The summed E-state index contributed by atoms with van der Waals surface area (Å²) in [5.41, 5.74) is 11.4. The van der Waals surface area contributed by atoms with E-state index in [1.54, 1.807) is 0 Å². The number of anilines is 3. The van der Waals surface area contributed by atoms with E-state index in [0.717, 1.165) is 17.1 Å². The van der Waals surface area contributed by atoms with E-state index in [1.807, 2.05) is 11.3 Å². The fraction of sp³-hybridized carbons (Fsp3) is 0.0698. The summed E-state index contributed by atoms with van der Waals surface area (Å²) in [7, 11) is 0. The third-order valence-electron chi connectivity index (χ3n) is 9.62. The van der Waals surface area contributed by atoms with Crippen molar-refractivity contribution in [1.29, 1.82) is 0 Å². The number of hydrogen-bond acceptors (Lipinski definition) is 2. The van der Waals surface area contributed by atoms with Crippen LogP contribution in [0.1, 0.15) is 25.0 Å². The Kier molecular flexibility index (Phi) is 5.78. The van der Waals surface area contributed by atoms with Crippen molar-refractivity contribution in [3.63, 3.8) is 0 Å². The van der Waals surface area contributed by atoms with Crippen molar-refractivity contribution < 1.29 is 0 Å². The molecule has 0 amide bonds. The molecule has 0 aliphatic heterocycles. The molecule has 0 spiro atoms. The lowest BCUT2D eigenvalue weighted by atomic mass is 9.80. The quantitative estimate of drug-likeness (QED) is 0.196. The Labute approximate surface area is 267 Å². The van der Waals surface area contributed by atoms with Crippen LogP contribution in [0.15, 0.2) is 152 Å². The molecule has 1 nitrogen and oxygen atoms in total. The third-order valence-corrected chi connectivity index (χ3v) is 10.8. The number of rotatable bonds is 4. The number of thiophene rings is 1. The van der Waals surface area contributed by atoms with Crippen LogP contribution in [-0.2, 0) is 5.41 Å². The first-order valence-corrected chi connectivity index (χ1v) is 16.4. The van der Waals surface area contributed by atoms with Crippen LogP contribution in [0, 0.1) is 0 Å². The van der Waals surface area contributed by atoms with Crippen LogP contribution in [0.25, 0.3) is 53.2 Å². The van der Waals surface area contributed by atoms with Gasteiger partial charge in [0.2, 0.25) is 0 Å². The highest BCUT2D eigenvalue weighted by atomic mass is 32.1. The molecular weight excluding hydrogens is 563 g/mol. The summed E-state index contributed by atoms with van der Waals surface area (Å²) < 4.78 is 2.63. The van der Waals surface area contributed by atoms with Crippen LogP contribution >= 0.6 is 11.3 Å². The maximum atomic E-state index is 2.43. The summed E-state index contributed by atoms with van der Waals surface area (Å²) in [6.45, 7) is 4.74. The highest BCUT2D eigenvalue weighted by molar-refractivity contribution is 7.25. The number of nitrogens with zero attached hydrogens (tertiary/aromatic N) is 1. The normalized spacial score (nSPS) is 13.3. The van der Waals surface area contributed by atoms with Crippen LogP contribution in [0.3, 0.4) is 0 Å². The second kappa shape index (κ2) is 9.92. The number of hydrogen-bond donors (Lipinski definition) is 0. The van der Waals surface area contributed by atoms with E-state index in [-0.39, 0.29) is 5.41 Å². The highest BCUT2D eigenvalue weighted by Gasteiger charge is 2.37. The first-order valence-electron chi connectivity index (χ1n) is 15.6. The molecule has 1 aromatic heterocycles. The summed E-state index contributed by atoms with van der Waals surface area (Å²) >= 11 is 1.87. The zero-order valence-electron chi connectivity index (χ0n) is 25.3. The molecule has 1 aliphatic rings. The molecule has 9 rings (SSSR count). The van der Waals surface area contributed by atoms with Gasteiger partial charge in [-0.3, -0.25) is 0 Å². The number of benzene rings is 7. The Morgan fingerprint density at radius 3 is 2.04 bits per heavy atom. The smallest absolute Gasteiger partial charge is 0.0476 e. The number of para-hydroxylation sites is 1. The maximum Gasteiger partial charge on any atom is 0.0476 e. The second-order valence-electron chi connectivity index (χ2n) is 12.6. The van der Waals surface area contributed by atoms with Crippen molar-refractivity contribution in [2.75, 3.05) is 4.90 Å². The Morgan fingerprint density at radius 2 is 1.16 bits per heavy atom. The van der Waals surface area contributed by atoms with Crippen LogP contribution in [0.4, 0.5) is 17.1 Å².